The number of allylic oxidation sites excluding steroid dienone is 12. The van der Waals surface area contributed by atoms with E-state index in [2.05, 4.69) is 63.3 Å². The van der Waals surface area contributed by atoms with Gasteiger partial charge in [0.05, 0.1) is 0 Å². The maximum Gasteiger partial charge on any atom is 0.0458 e. The fraction of sp³-hybridized carbons (Fsp3) is 0.250. The molecule has 0 atom stereocenters. The summed E-state index contributed by atoms with van der Waals surface area (Å²) < 4.78 is 0. The van der Waals surface area contributed by atoms with Crippen molar-refractivity contribution in [2.45, 2.75) is 40.0 Å². The Morgan fingerprint density at radius 1 is 0.960 bits per heavy atom. The van der Waals surface area contributed by atoms with Crippen molar-refractivity contribution in [1.82, 2.24) is 4.90 Å². The molecule has 0 aromatic carbocycles. The average Bonchev–Trinajstić information content (AvgIpc) is 2.63. The van der Waals surface area contributed by atoms with Gasteiger partial charge in [0.15, 0.2) is 0 Å². The van der Waals surface area contributed by atoms with Gasteiger partial charge in [0, 0.05) is 17.1 Å². The minimum absolute atomic E-state index is 0.974. The summed E-state index contributed by atoms with van der Waals surface area (Å²) in [6.07, 6.45) is 22.7. The molecule has 25 heavy (non-hydrogen) atoms. The Kier molecular flexibility index (Phi) is 12.5. The first kappa shape index (κ1) is 22.5. The summed E-state index contributed by atoms with van der Waals surface area (Å²) in [7, 11) is 0. The van der Waals surface area contributed by atoms with Crippen LogP contribution in [0.2, 0.25) is 0 Å². The zero-order valence-electron chi connectivity index (χ0n) is 16.2. The molecule has 1 nitrogen and oxygen atoms in total. The van der Waals surface area contributed by atoms with Gasteiger partial charge in [-0.15, -0.1) is 0 Å². The number of rotatable bonds is 12. The zero-order valence-corrected chi connectivity index (χ0v) is 16.2. The van der Waals surface area contributed by atoms with Crippen molar-refractivity contribution in [3.63, 3.8) is 0 Å². The van der Waals surface area contributed by atoms with Crippen LogP contribution >= 0.6 is 0 Å². The quantitative estimate of drug-likeness (QED) is 0.336. The minimum atomic E-state index is 0.974. The first-order chi connectivity index (χ1) is 12.1. The Bertz CT molecular complexity index is 606. The summed E-state index contributed by atoms with van der Waals surface area (Å²) in [5.74, 6) is 0. The molecule has 0 rings (SSSR count). The Hall–Kier alpha value is -2.54. The third kappa shape index (κ3) is 7.71. The smallest absolute Gasteiger partial charge is 0.0458 e. The topological polar surface area (TPSA) is 3.24 Å². The molecule has 0 fully saturated rings. The summed E-state index contributed by atoms with van der Waals surface area (Å²) in [6, 6.07) is 0. The molecule has 0 aromatic rings. The van der Waals surface area contributed by atoms with E-state index in [9.17, 15) is 0 Å². The fourth-order valence-electron chi connectivity index (χ4n) is 2.42. The van der Waals surface area contributed by atoms with Crippen LogP contribution in [-0.2, 0) is 0 Å². The molecule has 1 heteroatoms. The van der Waals surface area contributed by atoms with Gasteiger partial charge in [-0.1, -0.05) is 83.0 Å². The Balaban J connectivity index is 6.36. The van der Waals surface area contributed by atoms with Crippen molar-refractivity contribution in [3.05, 3.63) is 110 Å². The van der Waals surface area contributed by atoms with Crippen LogP contribution in [0.25, 0.3) is 0 Å². The van der Waals surface area contributed by atoms with E-state index in [0.29, 0.717) is 0 Å². The number of hydrogen-bond donors (Lipinski definition) is 0. The largest absolute Gasteiger partial charge is 0.315 e. The van der Waals surface area contributed by atoms with Crippen LogP contribution in [0, 0.1) is 0 Å². The Morgan fingerprint density at radius 2 is 1.64 bits per heavy atom. The molecule has 0 unspecified atom stereocenters. The predicted molar refractivity (Wildman–Crippen MR) is 115 cm³/mol. The van der Waals surface area contributed by atoms with Crippen LogP contribution in [0.4, 0.5) is 0 Å². The SMILES string of the molecule is C=C/C=C/C(=C/C)/C=C(\C=C)N(/C(C=C)=C/C=C)/C(=C/CC)CCC. The van der Waals surface area contributed by atoms with Crippen molar-refractivity contribution in [3.8, 4) is 0 Å². The van der Waals surface area contributed by atoms with Crippen molar-refractivity contribution in [2.75, 3.05) is 0 Å². The molecule has 0 spiro atoms. The molecule has 0 N–H and O–H groups in total. The molecule has 0 radical (unpaired) electrons. The summed E-state index contributed by atoms with van der Waals surface area (Å²) in [5, 5.41) is 0. The van der Waals surface area contributed by atoms with Gasteiger partial charge in [-0.3, -0.25) is 0 Å². The normalized spacial score (nSPS) is 13.7. The lowest BCUT2D eigenvalue weighted by Crippen LogP contribution is -2.20. The molecule has 0 aromatic heterocycles. The second-order valence-corrected chi connectivity index (χ2v) is 5.38. The van der Waals surface area contributed by atoms with E-state index < -0.39 is 0 Å². The number of hydrogen-bond acceptors (Lipinski definition) is 1. The first-order valence-electron chi connectivity index (χ1n) is 8.87. The van der Waals surface area contributed by atoms with Gasteiger partial charge in [0.2, 0.25) is 0 Å². The molecule has 0 aliphatic heterocycles. The van der Waals surface area contributed by atoms with Gasteiger partial charge in [0.25, 0.3) is 0 Å². The van der Waals surface area contributed by atoms with Crippen molar-refractivity contribution in [2.24, 2.45) is 0 Å². The van der Waals surface area contributed by atoms with Crippen LogP contribution in [0.3, 0.4) is 0 Å². The lowest BCUT2D eigenvalue weighted by Gasteiger charge is -2.30. The van der Waals surface area contributed by atoms with E-state index in [0.717, 1.165) is 36.2 Å². The summed E-state index contributed by atoms with van der Waals surface area (Å²) >= 11 is 0. The van der Waals surface area contributed by atoms with E-state index in [1.54, 1.807) is 12.2 Å². The van der Waals surface area contributed by atoms with Crippen LogP contribution < -0.4 is 0 Å². The monoisotopic (exact) mass is 335 g/mol. The fourth-order valence-corrected chi connectivity index (χ4v) is 2.42. The van der Waals surface area contributed by atoms with Gasteiger partial charge in [-0.2, -0.15) is 0 Å². The van der Waals surface area contributed by atoms with E-state index in [-0.39, 0.29) is 0 Å². The summed E-state index contributed by atoms with van der Waals surface area (Å²) in [4.78, 5) is 2.21. The third-order valence-electron chi connectivity index (χ3n) is 3.53. The summed E-state index contributed by atoms with van der Waals surface area (Å²) in [5.41, 5.74) is 4.32. The Labute approximate surface area is 155 Å². The third-order valence-corrected chi connectivity index (χ3v) is 3.53. The highest BCUT2D eigenvalue weighted by Gasteiger charge is 2.15. The van der Waals surface area contributed by atoms with E-state index in [4.69, 9.17) is 0 Å². The molecular weight excluding hydrogens is 302 g/mol. The Morgan fingerprint density at radius 3 is 2.08 bits per heavy atom. The summed E-state index contributed by atoms with van der Waals surface area (Å²) in [6.45, 7) is 21.9. The van der Waals surface area contributed by atoms with Crippen LogP contribution in [0.15, 0.2) is 110 Å². The van der Waals surface area contributed by atoms with Gasteiger partial charge >= 0.3 is 0 Å². The molecule has 0 heterocycles. The van der Waals surface area contributed by atoms with Crippen molar-refractivity contribution >= 4 is 0 Å². The standard InChI is InChI=1S/C24H33N/c1-8-15-19-21(12-5)20-23(14-7)25(22(13-6)16-9-2)24(17-10-3)18-11-4/h8-9,12-17,19-20H,1-2,6-7,10-11,18H2,3-5H3/b19-15+,21-12-,22-16+,23-20+,24-17+. The molecule has 0 amide bonds. The predicted octanol–water partition coefficient (Wildman–Crippen LogP) is 7.40. The van der Waals surface area contributed by atoms with Gasteiger partial charge in [-0.05, 0) is 49.6 Å². The molecule has 0 saturated carbocycles. The van der Waals surface area contributed by atoms with Crippen LogP contribution in [0.5, 0.6) is 0 Å². The van der Waals surface area contributed by atoms with E-state index in [1.165, 1.54) is 5.70 Å². The van der Waals surface area contributed by atoms with Gasteiger partial charge in [0.1, 0.15) is 0 Å². The minimum Gasteiger partial charge on any atom is -0.315 e. The second kappa shape index (κ2) is 13.9. The zero-order chi connectivity index (χ0) is 19.1. The van der Waals surface area contributed by atoms with Crippen molar-refractivity contribution < 1.29 is 0 Å². The first-order valence-corrected chi connectivity index (χ1v) is 8.87. The number of nitrogens with zero attached hydrogens (tertiary/aromatic N) is 1. The lowest BCUT2D eigenvalue weighted by molar-refractivity contribution is 0.524. The van der Waals surface area contributed by atoms with Gasteiger partial charge in [-0.25, -0.2) is 0 Å². The molecular formula is C24H33N. The van der Waals surface area contributed by atoms with Crippen LogP contribution in [-0.4, -0.2) is 4.90 Å². The highest BCUT2D eigenvalue weighted by atomic mass is 15.2. The van der Waals surface area contributed by atoms with Crippen molar-refractivity contribution in [1.29, 1.82) is 0 Å². The maximum atomic E-state index is 4.03. The molecule has 0 bridgehead atoms. The molecule has 0 saturated heterocycles. The second-order valence-electron chi connectivity index (χ2n) is 5.38. The molecule has 0 aliphatic carbocycles. The molecule has 0 aliphatic rings. The van der Waals surface area contributed by atoms with Gasteiger partial charge < -0.3 is 4.90 Å². The van der Waals surface area contributed by atoms with Crippen LogP contribution in [0.1, 0.15) is 40.0 Å². The lowest BCUT2D eigenvalue weighted by atomic mass is 10.1. The average molecular weight is 336 g/mol. The van der Waals surface area contributed by atoms with E-state index in [1.807, 2.05) is 37.3 Å². The highest BCUT2D eigenvalue weighted by molar-refractivity contribution is 5.42. The maximum absolute atomic E-state index is 4.03. The highest BCUT2D eigenvalue weighted by Crippen LogP contribution is 2.27. The van der Waals surface area contributed by atoms with E-state index >= 15 is 0 Å². The molecule has 134 valence electrons.